The molecule has 0 atom stereocenters. The lowest BCUT2D eigenvalue weighted by atomic mass is 10.4. The first kappa shape index (κ1) is 6.23. The molecule has 1 rings (SSSR count). The van der Waals surface area contributed by atoms with Crippen molar-refractivity contribution in [2.75, 3.05) is 0 Å². The van der Waals surface area contributed by atoms with Gasteiger partial charge in [-0.1, -0.05) is 0 Å². The van der Waals surface area contributed by atoms with Crippen LogP contribution < -0.4 is 0 Å². The molecule has 0 aliphatic carbocycles. The van der Waals surface area contributed by atoms with Crippen molar-refractivity contribution in [2.45, 2.75) is 0 Å². The van der Waals surface area contributed by atoms with Crippen LogP contribution >= 0.6 is 0 Å². The van der Waals surface area contributed by atoms with E-state index in [0.29, 0.717) is 0 Å². The van der Waals surface area contributed by atoms with Gasteiger partial charge in [0.25, 0.3) is 0 Å². The lowest BCUT2D eigenvalue weighted by Gasteiger charge is -1.76. The molecule has 0 aliphatic rings. The van der Waals surface area contributed by atoms with Gasteiger partial charge in [-0.15, -0.1) is 0 Å². The van der Waals surface area contributed by atoms with Gasteiger partial charge in [-0.25, -0.2) is 4.98 Å². The van der Waals surface area contributed by atoms with E-state index in [9.17, 15) is 0 Å². The van der Waals surface area contributed by atoms with Crippen LogP contribution in [-0.4, -0.2) is 22.9 Å². The fraction of sp³-hybridized carbons (Fsp3) is 0. The van der Waals surface area contributed by atoms with E-state index in [1.807, 2.05) is 18.7 Å². The molecule has 7 heavy (non-hydrogen) atoms. The van der Waals surface area contributed by atoms with Crippen molar-refractivity contribution in [2.24, 2.45) is 0 Å². The molecule has 0 bridgehead atoms. The molecule has 0 saturated heterocycles. The van der Waals surface area contributed by atoms with Gasteiger partial charge < -0.3 is 9.95 Å². The SMILES string of the molecule is Bn1ccnc1.O. The van der Waals surface area contributed by atoms with Crippen LogP contribution in [0.15, 0.2) is 18.7 Å². The largest absolute Gasteiger partial charge is 0.412 e. The molecule has 0 fully saturated rings. The maximum atomic E-state index is 3.78. The van der Waals surface area contributed by atoms with Crippen LogP contribution in [0.2, 0.25) is 0 Å². The summed E-state index contributed by atoms with van der Waals surface area (Å²) in [5, 5.41) is 0. The van der Waals surface area contributed by atoms with Crippen molar-refractivity contribution in [3.8, 4) is 0 Å². The van der Waals surface area contributed by atoms with Crippen molar-refractivity contribution >= 4 is 7.98 Å². The standard InChI is InChI=1S/C3H5BN2.H2O/c4-6-2-1-5-3-6;/h1-3H,4H2;1H2. The quantitative estimate of drug-likeness (QED) is 0.362. The number of hydrogen-bond acceptors (Lipinski definition) is 1. The van der Waals surface area contributed by atoms with Gasteiger partial charge >= 0.3 is 0 Å². The summed E-state index contributed by atoms with van der Waals surface area (Å²) in [6.07, 6.45) is 5.39. The zero-order chi connectivity index (χ0) is 4.41. The molecule has 3 nitrogen and oxygen atoms in total. The summed E-state index contributed by atoms with van der Waals surface area (Å²) in [4.78, 5) is 3.78. The van der Waals surface area contributed by atoms with Gasteiger partial charge in [-0.05, 0) is 0 Å². The second kappa shape index (κ2) is 2.42. The average molecular weight is 97.9 g/mol. The molecule has 0 aliphatic heterocycles. The zero-order valence-electron chi connectivity index (χ0n) is 4.13. The first-order valence-corrected chi connectivity index (χ1v) is 1.81. The van der Waals surface area contributed by atoms with E-state index in [4.69, 9.17) is 0 Å². The minimum atomic E-state index is 0. The highest BCUT2D eigenvalue weighted by Gasteiger charge is 1.69. The number of hydrogen-bond donors (Lipinski definition) is 0. The molecule has 38 valence electrons. The van der Waals surface area contributed by atoms with Crippen LogP contribution in [-0.2, 0) is 0 Å². The second-order valence-corrected chi connectivity index (χ2v) is 1.23. The molecule has 0 amide bonds. The molecular formula is C3H7BN2O. The smallest absolute Gasteiger partial charge is 0.224 e. The van der Waals surface area contributed by atoms with E-state index in [-0.39, 0.29) is 5.48 Å². The molecule has 0 spiro atoms. The summed E-state index contributed by atoms with van der Waals surface area (Å²) in [6, 6.07) is 0. The molecule has 0 radical (unpaired) electrons. The summed E-state index contributed by atoms with van der Waals surface area (Å²) in [6.45, 7) is 0. The van der Waals surface area contributed by atoms with E-state index in [0.717, 1.165) is 0 Å². The molecule has 1 aromatic heterocycles. The van der Waals surface area contributed by atoms with E-state index in [1.54, 1.807) is 12.5 Å². The second-order valence-electron chi connectivity index (χ2n) is 1.23. The van der Waals surface area contributed by atoms with Crippen LogP contribution in [0.4, 0.5) is 0 Å². The maximum Gasteiger partial charge on any atom is 0.224 e. The Labute approximate surface area is 42.7 Å². The van der Waals surface area contributed by atoms with E-state index in [1.165, 1.54) is 0 Å². The van der Waals surface area contributed by atoms with Gasteiger partial charge in [0.2, 0.25) is 7.98 Å². The van der Waals surface area contributed by atoms with Crippen LogP contribution in [0, 0.1) is 0 Å². The molecule has 0 unspecified atom stereocenters. The van der Waals surface area contributed by atoms with Crippen molar-refractivity contribution in [3.63, 3.8) is 0 Å². The lowest BCUT2D eigenvalue weighted by Crippen LogP contribution is -1.81. The first-order valence-electron chi connectivity index (χ1n) is 1.81. The summed E-state index contributed by atoms with van der Waals surface area (Å²) in [5.74, 6) is 0. The van der Waals surface area contributed by atoms with Crippen LogP contribution in [0.5, 0.6) is 0 Å². The van der Waals surface area contributed by atoms with Crippen molar-refractivity contribution in [1.82, 2.24) is 9.46 Å². The van der Waals surface area contributed by atoms with Gasteiger partial charge in [0, 0.05) is 12.4 Å². The predicted molar refractivity (Wildman–Crippen MR) is 29.8 cm³/mol. The Kier molecular flexibility index (Phi) is 2.15. The average Bonchev–Trinajstić information content (AvgIpc) is 1.86. The first-order chi connectivity index (χ1) is 2.89. The van der Waals surface area contributed by atoms with Gasteiger partial charge in [0.15, 0.2) is 0 Å². The predicted octanol–water partition coefficient (Wildman–Crippen LogP) is -1.55. The molecule has 4 heteroatoms. The normalized spacial score (nSPS) is 7.43. The minimum Gasteiger partial charge on any atom is -0.412 e. The van der Waals surface area contributed by atoms with Crippen molar-refractivity contribution in [1.29, 1.82) is 0 Å². The maximum absolute atomic E-state index is 3.78. The van der Waals surface area contributed by atoms with E-state index in [2.05, 4.69) is 4.98 Å². The summed E-state index contributed by atoms with van der Waals surface area (Å²) in [5.41, 5.74) is 0. The fourth-order valence-corrected chi connectivity index (χ4v) is 0.326. The van der Waals surface area contributed by atoms with Crippen LogP contribution in [0.1, 0.15) is 0 Å². The third kappa shape index (κ3) is 1.41. The van der Waals surface area contributed by atoms with E-state index >= 15 is 0 Å². The number of aromatic nitrogens is 2. The number of imidazole rings is 1. The van der Waals surface area contributed by atoms with Gasteiger partial charge in [0.05, 0.1) is 6.33 Å². The topological polar surface area (TPSA) is 49.3 Å². The van der Waals surface area contributed by atoms with Crippen molar-refractivity contribution < 1.29 is 5.48 Å². The Morgan fingerprint density at radius 1 is 1.57 bits per heavy atom. The Morgan fingerprint density at radius 2 is 2.29 bits per heavy atom. The van der Waals surface area contributed by atoms with Gasteiger partial charge in [-0.3, -0.25) is 0 Å². The Balaban J connectivity index is 0.000000360. The van der Waals surface area contributed by atoms with Gasteiger partial charge in [-0.2, -0.15) is 0 Å². The third-order valence-electron chi connectivity index (χ3n) is 0.637. The Bertz CT molecular complexity index is 116. The zero-order valence-corrected chi connectivity index (χ0v) is 4.13. The molecule has 0 saturated carbocycles. The monoisotopic (exact) mass is 98.1 g/mol. The third-order valence-corrected chi connectivity index (χ3v) is 0.637. The summed E-state index contributed by atoms with van der Waals surface area (Å²) in [7, 11) is 1.94. The van der Waals surface area contributed by atoms with E-state index < -0.39 is 0 Å². The minimum absolute atomic E-state index is 0. The molecule has 1 heterocycles. The molecule has 2 N–H and O–H groups in total. The lowest BCUT2D eigenvalue weighted by molar-refractivity contribution is 0.824. The molecular weight excluding hydrogens is 90.9 g/mol. The van der Waals surface area contributed by atoms with Crippen molar-refractivity contribution in [3.05, 3.63) is 18.7 Å². The van der Waals surface area contributed by atoms with Crippen LogP contribution in [0.3, 0.4) is 0 Å². The summed E-state index contributed by atoms with van der Waals surface area (Å²) >= 11 is 0. The summed E-state index contributed by atoms with van der Waals surface area (Å²) < 4.78 is 1.89. The Hall–Kier alpha value is -0.765. The molecule has 0 aromatic carbocycles. The fourth-order valence-electron chi connectivity index (χ4n) is 0.326. The number of nitrogens with zero attached hydrogens (tertiary/aromatic N) is 2. The molecule has 1 aromatic rings. The highest BCUT2D eigenvalue weighted by Crippen LogP contribution is 1.72. The highest BCUT2D eigenvalue weighted by atomic mass is 16.0. The van der Waals surface area contributed by atoms with Crippen LogP contribution in [0.25, 0.3) is 0 Å². The Morgan fingerprint density at radius 3 is 2.43 bits per heavy atom. The number of rotatable bonds is 0. The highest BCUT2D eigenvalue weighted by molar-refractivity contribution is 6.06. The van der Waals surface area contributed by atoms with Gasteiger partial charge in [0.1, 0.15) is 0 Å².